The van der Waals surface area contributed by atoms with E-state index < -0.39 is 11.6 Å². The lowest BCUT2D eigenvalue weighted by molar-refractivity contribution is 0.498. The lowest BCUT2D eigenvalue weighted by atomic mass is 10.0. The van der Waals surface area contributed by atoms with Crippen LogP contribution < -0.4 is 5.32 Å². The summed E-state index contributed by atoms with van der Waals surface area (Å²) in [4.78, 5) is 8.38. The van der Waals surface area contributed by atoms with Crippen molar-refractivity contribution in [2.75, 3.05) is 6.54 Å². The van der Waals surface area contributed by atoms with E-state index in [1.807, 2.05) is 6.92 Å². The molecule has 5 heteroatoms. The topological polar surface area (TPSA) is 37.8 Å². The molecule has 2 aromatic rings. The summed E-state index contributed by atoms with van der Waals surface area (Å²) in [5, 5.41) is 3.24. The summed E-state index contributed by atoms with van der Waals surface area (Å²) >= 11 is 0. The standard InChI is InChI=1S/C14H15F2N3/c1-2-17-13(14-18-6-3-7-19-14)9-10-4-5-11(15)12(16)8-10/h3-8,13,17H,2,9H2,1H3. The number of nitrogens with one attached hydrogen (secondary N) is 1. The minimum atomic E-state index is -0.834. The second-order valence-corrected chi connectivity index (χ2v) is 4.17. The first kappa shape index (κ1) is 13.5. The van der Waals surface area contributed by atoms with E-state index in [1.54, 1.807) is 24.5 Å². The largest absolute Gasteiger partial charge is 0.307 e. The first-order valence-corrected chi connectivity index (χ1v) is 6.15. The molecule has 0 bridgehead atoms. The van der Waals surface area contributed by atoms with Crippen LogP contribution >= 0.6 is 0 Å². The molecule has 3 nitrogen and oxygen atoms in total. The Hall–Kier alpha value is -1.88. The number of halogens is 2. The predicted octanol–water partition coefficient (Wildman–Crippen LogP) is 2.65. The molecule has 0 spiro atoms. The number of nitrogens with zero attached hydrogens (tertiary/aromatic N) is 2. The van der Waals surface area contributed by atoms with Crippen molar-refractivity contribution in [1.29, 1.82) is 0 Å². The van der Waals surface area contributed by atoms with Gasteiger partial charge in [-0.25, -0.2) is 18.7 Å². The molecular weight excluding hydrogens is 248 g/mol. The maximum Gasteiger partial charge on any atom is 0.159 e. The zero-order valence-electron chi connectivity index (χ0n) is 10.6. The average Bonchev–Trinajstić information content (AvgIpc) is 2.43. The molecule has 0 amide bonds. The van der Waals surface area contributed by atoms with E-state index in [9.17, 15) is 8.78 Å². The second-order valence-electron chi connectivity index (χ2n) is 4.17. The molecule has 1 unspecified atom stereocenters. The van der Waals surface area contributed by atoms with E-state index >= 15 is 0 Å². The maximum atomic E-state index is 13.2. The zero-order chi connectivity index (χ0) is 13.7. The Labute approximate surface area is 110 Å². The summed E-state index contributed by atoms with van der Waals surface area (Å²) < 4.78 is 26.1. The van der Waals surface area contributed by atoms with Gasteiger partial charge in [0.25, 0.3) is 0 Å². The molecule has 19 heavy (non-hydrogen) atoms. The minimum Gasteiger partial charge on any atom is -0.307 e. The molecule has 0 radical (unpaired) electrons. The van der Waals surface area contributed by atoms with Crippen molar-refractivity contribution in [3.05, 3.63) is 59.7 Å². The molecule has 0 aliphatic heterocycles. The van der Waals surface area contributed by atoms with Gasteiger partial charge in [0.1, 0.15) is 5.82 Å². The van der Waals surface area contributed by atoms with Crippen molar-refractivity contribution in [2.45, 2.75) is 19.4 Å². The number of benzene rings is 1. The van der Waals surface area contributed by atoms with Gasteiger partial charge in [-0.1, -0.05) is 13.0 Å². The van der Waals surface area contributed by atoms with Gasteiger partial charge in [-0.3, -0.25) is 0 Å². The van der Waals surface area contributed by atoms with Crippen LogP contribution in [-0.2, 0) is 6.42 Å². The molecule has 0 fully saturated rings. The number of hydrogen-bond acceptors (Lipinski definition) is 3. The number of aromatic nitrogens is 2. The van der Waals surface area contributed by atoms with Crippen LogP contribution in [0.5, 0.6) is 0 Å². The minimum absolute atomic E-state index is 0.115. The van der Waals surface area contributed by atoms with Gasteiger partial charge in [-0.2, -0.15) is 0 Å². The SMILES string of the molecule is CCNC(Cc1ccc(F)c(F)c1)c1ncccn1. The van der Waals surface area contributed by atoms with Gasteiger partial charge in [0.15, 0.2) is 11.6 Å². The number of likely N-dealkylation sites (N-methyl/N-ethyl adjacent to an activating group) is 1. The first-order valence-electron chi connectivity index (χ1n) is 6.15. The highest BCUT2D eigenvalue weighted by atomic mass is 19.2. The number of hydrogen-bond donors (Lipinski definition) is 1. The lowest BCUT2D eigenvalue weighted by Gasteiger charge is -2.16. The normalized spacial score (nSPS) is 12.4. The molecule has 100 valence electrons. The van der Waals surface area contributed by atoms with Gasteiger partial charge in [0.05, 0.1) is 6.04 Å². The third-order valence-corrected chi connectivity index (χ3v) is 2.77. The van der Waals surface area contributed by atoms with Crippen molar-refractivity contribution in [2.24, 2.45) is 0 Å². The summed E-state index contributed by atoms with van der Waals surface area (Å²) in [7, 11) is 0. The summed E-state index contributed by atoms with van der Waals surface area (Å²) in [6.45, 7) is 2.72. The van der Waals surface area contributed by atoms with Crippen LogP contribution in [0.15, 0.2) is 36.7 Å². The Morgan fingerprint density at radius 3 is 2.53 bits per heavy atom. The maximum absolute atomic E-state index is 13.2. The van der Waals surface area contributed by atoms with E-state index in [4.69, 9.17) is 0 Å². The molecule has 0 aliphatic rings. The van der Waals surface area contributed by atoms with Crippen LogP contribution in [0.4, 0.5) is 8.78 Å². The lowest BCUT2D eigenvalue weighted by Crippen LogP contribution is -2.24. The average molecular weight is 263 g/mol. The van der Waals surface area contributed by atoms with E-state index in [0.29, 0.717) is 17.8 Å². The van der Waals surface area contributed by atoms with Gasteiger partial charge in [0, 0.05) is 12.4 Å². The van der Waals surface area contributed by atoms with Gasteiger partial charge >= 0.3 is 0 Å². The van der Waals surface area contributed by atoms with E-state index in [2.05, 4.69) is 15.3 Å². The van der Waals surface area contributed by atoms with Crippen molar-refractivity contribution < 1.29 is 8.78 Å². The van der Waals surface area contributed by atoms with E-state index in [1.165, 1.54) is 6.07 Å². The van der Waals surface area contributed by atoms with Gasteiger partial charge in [-0.15, -0.1) is 0 Å². The van der Waals surface area contributed by atoms with Crippen LogP contribution in [0.2, 0.25) is 0 Å². The third kappa shape index (κ3) is 3.54. The molecule has 1 aromatic heterocycles. The summed E-state index contributed by atoms with van der Waals surface area (Å²) in [6.07, 6.45) is 3.84. The Morgan fingerprint density at radius 2 is 1.89 bits per heavy atom. The first-order chi connectivity index (χ1) is 9.20. The van der Waals surface area contributed by atoms with Crippen molar-refractivity contribution in [3.63, 3.8) is 0 Å². The second kappa shape index (κ2) is 6.33. The number of rotatable bonds is 5. The van der Waals surface area contributed by atoms with Crippen LogP contribution in [0.3, 0.4) is 0 Å². The molecule has 0 aliphatic carbocycles. The van der Waals surface area contributed by atoms with Crippen molar-refractivity contribution >= 4 is 0 Å². The Morgan fingerprint density at radius 1 is 1.16 bits per heavy atom. The molecule has 2 rings (SSSR count). The van der Waals surface area contributed by atoms with Gasteiger partial charge < -0.3 is 5.32 Å². The molecule has 1 atom stereocenters. The van der Waals surface area contributed by atoms with Gasteiger partial charge in [-0.05, 0) is 36.7 Å². The summed E-state index contributed by atoms with van der Waals surface area (Å²) in [5.74, 6) is -1.02. The zero-order valence-corrected chi connectivity index (χ0v) is 10.6. The molecule has 1 heterocycles. The third-order valence-electron chi connectivity index (χ3n) is 2.77. The van der Waals surface area contributed by atoms with E-state index in [0.717, 1.165) is 12.6 Å². The van der Waals surface area contributed by atoms with Gasteiger partial charge in [0.2, 0.25) is 0 Å². The molecule has 1 N–H and O–H groups in total. The quantitative estimate of drug-likeness (QED) is 0.901. The van der Waals surface area contributed by atoms with Crippen LogP contribution in [0, 0.1) is 11.6 Å². The monoisotopic (exact) mass is 263 g/mol. The highest BCUT2D eigenvalue weighted by Gasteiger charge is 2.14. The Balaban J connectivity index is 2.19. The Kier molecular flexibility index (Phi) is 4.52. The van der Waals surface area contributed by atoms with Crippen LogP contribution in [0.1, 0.15) is 24.4 Å². The molecule has 1 aromatic carbocycles. The fourth-order valence-corrected chi connectivity index (χ4v) is 1.89. The molecule has 0 saturated heterocycles. The fourth-order valence-electron chi connectivity index (χ4n) is 1.89. The summed E-state index contributed by atoms with van der Waals surface area (Å²) in [5.41, 5.74) is 0.706. The van der Waals surface area contributed by atoms with E-state index in [-0.39, 0.29) is 6.04 Å². The highest BCUT2D eigenvalue weighted by Crippen LogP contribution is 2.16. The van der Waals surface area contributed by atoms with Crippen LogP contribution in [0.25, 0.3) is 0 Å². The molecular formula is C14H15F2N3. The fraction of sp³-hybridized carbons (Fsp3) is 0.286. The highest BCUT2D eigenvalue weighted by molar-refractivity contribution is 5.20. The van der Waals surface area contributed by atoms with Crippen molar-refractivity contribution in [3.8, 4) is 0 Å². The van der Waals surface area contributed by atoms with Crippen molar-refractivity contribution in [1.82, 2.24) is 15.3 Å². The smallest absolute Gasteiger partial charge is 0.159 e. The summed E-state index contributed by atoms with van der Waals surface area (Å²) in [6, 6.07) is 5.55. The van der Waals surface area contributed by atoms with Crippen LogP contribution in [-0.4, -0.2) is 16.5 Å². The predicted molar refractivity (Wildman–Crippen MR) is 68.5 cm³/mol. The molecule has 0 saturated carbocycles. The Bertz CT molecular complexity index is 531.